The number of nitrogens with zero attached hydrogens (tertiary/aromatic N) is 3. The summed E-state index contributed by atoms with van der Waals surface area (Å²) < 4.78 is 25.6. The Kier molecular flexibility index (Phi) is 2.83. The summed E-state index contributed by atoms with van der Waals surface area (Å²) in [6, 6.07) is 9.48. The van der Waals surface area contributed by atoms with E-state index in [1.165, 1.54) is 0 Å². The van der Waals surface area contributed by atoms with E-state index in [0.717, 1.165) is 17.5 Å². The van der Waals surface area contributed by atoms with Crippen molar-refractivity contribution in [3.8, 4) is 11.3 Å². The van der Waals surface area contributed by atoms with Gasteiger partial charge in [0.25, 0.3) is 0 Å². The van der Waals surface area contributed by atoms with E-state index in [2.05, 4.69) is 9.97 Å². The van der Waals surface area contributed by atoms with E-state index < -0.39 is 9.84 Å². The van der Waals surface area contributed by atoms with Gasteiger partial charge in [-0.15, -0.1) is 0 Å². The molecule has 5 nitrogen and oxygen atoms in total. The van der Waals surface area contributed by atoms with Crippen molar-refractivity contribution in [2.24, 2.45) is 0 Å². The number of fused-ring (bicyclic) bond motifs is 1. The summed E-state index contributed by atoms with van der Waals surface area (Å²) in [5.74, 6) is 0. The summed E-state index contributed by atoms with van der Waals surface area (Å²) in [6.45, 7) is 1.88. The number of imidazole rings is 1. The fraction of sp³-hybridized carbons (Fsp3) is 0.143. The molecule has 1 aromatic carbocycles. The lowest BCUT2D eigenvalue weighted by atomic mass is 10.2. The Balaban J connectivity index is 2.39. The molecule has 0 fully saturated rings. The monoisotopic (exact) mass is 287 g/mol. The summed E-state index contributed by atoms with van der Waals surface area (Å²) in [6.07, 6.45) is 4.59. The van der Waals surface area contributed by atoms with Crippen LogP contribution in [0.3, 0.4) is 0 Å². The first-order chi connectivity index (χ1) is 9.47. The zero-order valence-corrected chi connectivity index (χ0v) is 11.9. The molecule has 20 heavy (non-hydrogen) atoms. The van der Waals surface area contributed by atoms with E-state index in [9.17, 15) is 8.42 Å². The number of rotatable bonds is 2. The van der Waals surface area contributed by atoms with Gasteiger partial charge in [-0.05, 0) is 6.92 Å². The Labute approximate surface area is 116 Å². The van der Waals surface area contributed by atoms with Crippen molar-refractivity contribution >= 4 is 15.5 Å². The van der Waals surface area contributed by atoms with Crippen LogP contribution in [0.25, 0.3) is 16.9 Å². The SMILES string of the molecule is Cc1cnc2c(S(C)(=O)=O)nc(-c3ccccc3)cn12. The van der Waals surface area contributed by atoms with Gasteiger partial charge in [0, 0.05) is 29.9 Å². The van der Waals surface area contributed by atoms with Gasteiger partial charge >= 0.3 is 0 Å². The van der Waals surface area contributed by atoms with Crippen molar-refractivity contribution < 1.29 is 8.42 Å². The number of hydrogen-bond acceptors (Lipinski definition) is 4. The second kappa shape index (κ2) is 4.42. The summed E-state index contributed by atoms with van der Waals surface area (Å²) in [7, 11) is -3.44. The molecular weight excluding hydrogens is 274 g/mol. The molecule has 0 unspecified atom stereocenters. The first-order valence-corrected chi connectivity index (χ1v) is 7.96. The zero-order chi connectivity index (χ0) is 14.3. The first kappa shape index (κ1) is 12.8. The van der Waals surface area contributed by atoms with Crippen molar-refractivity contribution in [2.75, 3.05) is 6.26 Å². The van der Waals surface area contributed by atoms with Gasteiger partial charge in [-0.25, -0.2) is 18.4 Å². The number of sulfone groups is 1. The molecule has 0 aliphatic heterocycles. The van der Waals surface area contributed by atoms with E-state index in [-0.39, 0.29) is 5.03 Å². The number of benzene rings is 1. The molecule has 0 aliphatic carbocycles. The third kappa shape index (κ3) is 2.08. The first-order valence-electron chi connectivity index (χ1n) is 6.07. The number of aryl methyl sites for hydroxylation is 1. The Hall–Kier alpha value is -2.21. The second-order valence-corrected chi connectivity index (χ2v) is 6.59. The Morgan fingerprint density at radius 3 is 2.50 bits per heavy atom. The highest BCUT2D eigenvalue weighted by Crippen LogP contribution is 2.22. The quantitative estimate of drug-likeness (QED) is 0.724. The smallest absolute Gasteiger partial charge is 0.199 e. The minimum Gasteiger partial charge on any atom is -0.300 e. The molecule has 2 aromatic heterocycles. The van der Waals surface area contributed by atoms with Crippen LogP contribution in [0.15, 0.2) is 47.8 Å². The van der Waals surface area contributed by atoms with Crippen molar-refractivity contribution in [3.05, 3.63) is 48.4 Å². The molecule has 0 saturated carbocycles. The zero-order valence-electron chi connectivity index (χ0n) is 11.1. The molecule has 2 heterocycles. The fourth-order valence-corrected chi connectivity index (χ4v) is 2.82. The molecule has 0 N–H and O–H groups in total. The molecule has 0 bridgehead atoms. The Morgan fingerprint density at radius 1 is 1.15 bits per heavy atom. The van der Waals surface area contributed by atoms with Crippen LogP contribution in [0.2, 0.25) is 0 Å². The van der Waals surface area contributed by atoms with Gasteiger partial charge in [0.1, 0.15) is 0 Å². The van der Waals surface area contributed by atoms with Gasteiger partial charge in [0.05, 0.1) is 5.69 Å². The molecule has 3 aromatic rings. The van der Waals surface area contributed by atoms with Crippen LogP contribution in [0, 0.1) is 6.92 Å². The number of hydrogen-bond donors (Lipinski definition) is 0. The lowest BCUT2D eigenvalue weighted by Gasteiger charge is -2.07. The second-order valence-electron chi connectivity index (χ2n) is 4.66. The van der Waals surface area contributed by atoms with Crippen molar-refractivity contribution in [2.45, 2.75) is 11.9 Å². The molecule has 3 rings (SSSR count). The molecule has 102 valence electrons. The highest BCUT2D eigenvalue weighted by Gasteiger charge is 2.18. The van der Waals surface area contributed by atoms with Crippen LogP contribution in [0.5, 0.6) is 0 Å². The summed E-state index contributed by atoms with van der Waals surface area (Å²) in [5.41, 5.74) is 2.71. The largest absolute Gasteiger partial charge is 0.300 e. The topological polar surface area (TPSA) is 64.3 Å². The molecule has 0 amide bonds. The average molecular weight is 287 g/mol. The van der Waals surface area contributed by atoms with Crippen LogP contribution >= 0.6 is 0 Å². The van der Waals surface area contributed by atoms with Crippen LogP contribution < -0.4 is 0 Å². The summed E-state index contributed by atoms with van der Waals surface area (Å²) in [4.78, 5) is 8.43. The van der Waals surface area contributed by atoms with Crippen molar-refractivity contribution in [1.82, 2.24) is 14.4 Å². The minimum atomic E-state index is -3.44. The molecule has 0 spiro atoms. The van der Waals surface area contributed by atoms with Gasteiger partial charge in [-0.3, -0.25) is 4.40 Å². The van der Waals surface area contributed by atoms with E-state index in [0.29, 0.717) is 11.3 Å². The Bertz CT molecular complexity index is 883. The van der Waals surface area contributed by atoms with E-state index in [4.69, 9.17) is 0 Å². The molecular formula is C14H13N3O2S. The number of aromatic nitrogens is 3. The van der Waals surface area contributed by atoms with Crippen LogP contribution in [-0.4, -0.2) is 29.0 Å². The van der Waals surface area contributed by atoms with Crippen LogP contribution in [0.1, 0.15) is 5.69 Å². The fourth-order valence-electron chi connectivity index (χ4n) is 2.07. The Morgan fingerprint density at radius 2 is 1.85 bits per heavy atom. The highest BCUT2D eigenvalue weighted by atomic mass is 32.2. The highest BCUT2D eigenvalue weighted by molar-refractivity contribution is 7.90. The summed E-state index contributed by atoms with van der Waals surface area (Å²) >= 11 is 0. The van der Waals surface area contributed by atoms with E-state index in [1.807, 2.05) is 43.5 Å². The maximum absolute atomic E-state index is 11.9. The molecule has 0 atom stereocenters. The van der Waals surface area contributed by atoms with Gasteiger partial charge in [-0.2, -0.15) is 0 Å². The average Bonchev–Trinajstić information content (AvgIpc) is 2.79. The maximum Gasteiger partial charge on any atom is 0.199 e. The molecule has 0 aliphatic rings. The van der Waals surface area contributed by atoms with Gasteiger partial charge in [-0.1, -0.05) is 30.3 Å². The molecule has 6 heteroatoms. The lowest BCUT2D eigenvalue weighted by molar-refractivity contribution is 0.598. The van der Waals surface area contributed by atoms with Crippen LogP contribution in [-0.2, 0) is 9.84 Å². The predicted octanol–water partition coefficient (Wildman–Crippen LogP) is 2.11. The van der Waals surface area contributed by atoms with Crippen molar-refractivity contribution in [3.63, 3.8) is 0 Å². The lowest BCUT2D eigenvalue weighted by Crippen LogP contribution is -2.06. The van der Waals surface area contributed by atoms with Crippen molar-refractivity contribution in [1.29, 1.82) is 0 Å². The third-order valence-electron chi connectivity index (χ3n) is 3.07. The minimum absolute atomic E-state index is 0.00644. The molecule has 0 radical (unpaired) electrons. The maximum atomic E-state index is 11.9. The molecule has 0 saturated heterocycles. The third-order valence-corrected chi connectivity index (χ3v) is 4.04. The van der Waals surface area contributed by atoms with Gasteiger partial charge in [0.15, 0.2) is 20.5 Å². The van der Waals surface area contributed by atoms with Gasteiger partial charge < -0.3 is 0 Å². The van der Waals surface area contributed by atoms with Gasteiger partial charge in [0.2, 0.25) is 0 Å². The summed E-state index contributed by atoms with van der Waals surface area (Å²) in [5, 5.41) is 0.00644. The predicted molar refractivity (Wildman–Crippen MR) is 76.3 cm³/mol. The standard InChI is InChI=1S/C14H13N3O2S/c1-10-8-15-13-14(20(2,18)19)16-12(9-17(10)13)11-6-4-3-5-7-11/h3-9H,1-2H3. The van der Waals surface area contributed by atoms with E-state index >= 15 is 0 Å². The van der Waals surface area contributed by atoms with Crippen LogP contribution in [0.4, 0.5) is 0 Å². The van der Waals surface area contributed by atoms with E-state index in [1.54, 1.807) is 10.6 Å². The normalized spacial score (nSPS) is 11.9.